The molecular weight excluding hydrogens is 184 g/mol. The second kappa shape index (κ2) is 4.30. The summed E-state index contributed by atoms with van der Waals surface area (Å²) >= 11 is 0. The average molecular weight is 200 g/mol. The molecule has 0 atom stereocenters. The minimum Gasteiger partial charge on any atom is -0.480 e. The zero-order valence-corrected chi connectivity index (χ0v) is 8.30. The van der Waals surface area contributed by atoms with Crippen molar-refractivity contribution < 1.29 is 14.7 Å². The third-order valence-corrected chi connectivity index (χ3v) is 2.64. The molecule has 80 valence electrons. The third kappa shape index (κ3) is 3.24. The Bertz CT molecular complexity index is 236. The number of hydrogen-bond donors (Lipinski definition) is 3. The molecule has 0 unspecified atom stereocenters. The summed E-state index contributed by atoms with van der Waals surface area (Å²) in [5.41, 5.74) is 0.223. The summed E-state index contributed by atoms with van der Waals surface area (Å²) in [4.78, 5) is 21.2. The van der Waals surface area contributed by atoms with Gasteiger partial charge in [-0.3, -0.25) is 4.79 Å². The van der Waals surface area contributed by atoms with Gasteiger partial charge in [0, 0.05) is 6.54 Å². The molecule has 1 fully saturated rings. The van der Waals surface area contributed by atoms with Crippen LogP contribution in [-0.2, 0) is 4.79 Å². The van der Waals surface area contributed by atoms with Gasteiger partial charge in [0.2, 0.25) is 0 Å². The van der Waals surface area contributed by atoms with Crippen LogP contribution in [0.25, 0.3) is 0 Å². The maximum absolute atomic E-state index is 11.0. The summed E-state index contributed by atoms with van der Waals surface area (Å²) in [6.07, 6.45) is 3.48. The number of nitrogens with one attached hydrogen (secondary N) is 2. The van der Waals surface area contributed by atoms with Crippen molar-refractivity contribution in [2.45, 2.75) is 26.2 Å². The summed E-state index contributed by atoms with van der Waals surface area (Å²) in [5, 5.41) is 13.2. The van der Waals surface area contributed by atoms with E-state index in [4.69, 9.17) is 5.11 Å². The predicted octanol–water partition coefficient (Wildman–Crippen LogP) is 0.560. The Balaban J connectivity index is 2.11. The van der Waals surface area contributed by atoms with Crippen molar-refractivity contribution in [2.24, 2.45) is 5.41 Å². The van der Waals surface area contributed by atoms with Crippen LogP contribution in [0.15, 0.2) is 0 Å². The van der Waals surface area contributed by atoms with Gasteiger partial charge in [-0.05, 0) is 18.3 Å². The highest BCUT2D eigenvalue weighted by Gasteiger charge is 2.31. The Hall–Kier alpha value is -1.26. The monoisotopic (exact) mass is 200 g/mol. The quantitative estimate of drug-likeness (QED) is 0.620. The second-order valence-corrected chi connectivity index (χ2v) is 4.09. The molecule has 1 rings (SSSR count). The molecule has 0 spiro atoms. The fraction of sp³-hybridized carbons (Fsp3) is 0.778. The number of carboxylic acids is 1. The molecule has 3 N–H and O–H groups in total. The molecule has 2 amide bonds. The Labute approximate surface area is 82.9 Å². The van der Waals surface area contributed by atoms with Gasteiger partial charge in [0.25, 0.3) is 0 Å². The van der Waals surface area contributed by atoms with E-state index < -0.39 is 12.0 Å². The van der Waals surface area contributed by atoms with Crippen LogP contribution in [0.3, 0.4) is 0 Å². The number of hydrogen-bond acceptors (Lipinski definition) is 2. The van der Waals surface area contributed by atoms with E-state index in [9.17, 15) is 9.59 Å². The summed E-state index contributed by atoms with van der Waals surface area (Å²) in [5.74, 6) is -1.03. The highest BCUT2D eigenvalue weighted by Crippen LogP contribution is 2.39. The summed E-state index contributed by atoms with van der Waals surface area (Å²) in [6, 6.07) is -0.402. The van der Waals surface area contributed by atoms with Gasteiger partial charge in [0.05, 0.1) is 0 Å². The Morgan fingerprint density at radius 2 is 2.00 bits per heavy atom. The van der Waals surface area contributed by atoms with Crippen LogP contribution in [-0.4, -0.2) is 30.2 Å². The Morgan fingerprint density at radius 1 is 1.36 bits per heavy atom. The zero-order chi connectivity index (χ0) is 10.6. The van der Waals surface area contributed by atoms with Crippen LogP contribution >= 0.6 is 0 Å². The van der Waals surface area contributed by atoms with Crippen molar-refractivity contribution in [1.29, 1.82) is 0 Å². The molecule has 0 heterocycles. The van der Waals surface area contributed by atoms with Gasteiger partial charge >= 0.3 is 12.0 Å². The topological polar surface area (TPSA) is 78.4 Å². The van der Waals surface area contributed by atoms with Crippen LogP contribution in [0, 0.1) is 5.41 Å². The van der Waals surface area contributed by atoms with Gasteiger partial charge in [-0.1, -0.05) is 13.3 Å². The summed E-state index contributed by atoms with van der Waals surface area (Å²) in [6.45, 7) is 2.41. The van der Waals surface area contributed by atoms with Gasteiger partial charge in [-0.25, -0.2) is 4.79 Å². The first-order valence-corrected chi connectivity index (χ1v) is 4.75. The molecule has 1 aliphatic rings. The number of carboxylic acid groups (broad SMARTS) is 1. The van der Waals surface area contributed by atoms with Gasteiger partial charge < -0.3 is 15.7 Å². The van der Waals surface area contributed by atoms with Crippen LogP contribution < -0.4 is 10.6 Å². The van der Waals surface area contributed by atoms with Crippen LogP contribution in [0.1, 0.15) is 26.2 Å². The van der Waals surface area contributed by atoms with E-state index in [1.807, 2.05) is 0 Å². The van der Waals surface area contributed by atoms with E-state index in [0.29, 0.717) is 6.54 Å². The first kappa shape index (κ1) is 10.8. The molecule has 0 aromatic carbocycles. The number of urea groups is 1. The van der Waals surface area contributed by atoms with E-state index >= 15 is 0 Å². The Morgan fingerprint density at radius 3 is 2.43 bits per heavy atom. The third-order valence-electron chi connectivity index (χ3n) is 2.64. The lowest BCUT2D eigenvalue weighted by Crippen LogP contribution is -2.45. The van der Waals surface area contributed by atoms with E-state index in [1.165, 1.54) is 6.42 Å². The molecule has 1 saturated carbocycles. The molecule has 0 aromatic heterocycles. The fourth-order valence-electron chi connectivity index (χ4n) is 1.47. The lowest BCUT2D eigenvalue weighted by atomic mass is 9.70. The minimum absolute atomic E-state index is 0.223. The maximum atomic E-state index is 11.0. The van der Waals surface area contributed by atoms with Crippen molar-refractivity contribution in [2.75, 3.05) is 13.1 Å². The predicted molar refractivity (Wildman–Crippen MR) is 51.0 cm³/mol. The second-order valence-electron chi connectivity index (χ2n) is 4.09. The van der Waals surface area contributed by atoms with Crippen molar-refractivity contribution in [1.82, 2.24) is 10.6 Å². The molecule has 1 aliphatic carbocycles. The minimum atomic E-state index is -1.03. The number of carbonyl (C=O) groups excluding carboxylic acids is 1. The van der Waals surface area contributed by atoms with Crippen molar-refractivity contribution in [3.63, 3.8) is 0 Å². The fourth-order valence-corrected chi connectivity index (χ4v) is 1.47. The number of amides is 2. The largest absolute Gasteiger partial charge is 0.480 e. The molecule has 0 aromatic rings. The number of rotatable bonds is 4. The van der Waals surface area contributed by atoms with E-state index in [-0.39, 0.29) is 12.0 Å². The summed E-state index contributed by atoms with van der Waals surface area (Å²) in [7, 11) is 0. The van der Waals surface area contributed by atoms with Gasteiger partial charge in [0.1, 0.15) is 6.54 Å². The van der Waals surface area contributed by atoms with E-state index in [2.05, 4.69) is 17.6 Å². The molecule has 5 nitrogen and oxygen atoms in total. The van der Waals surface area contributed by atoms with Crippen molar-refractivity contribution in [3.8, 4) is 0 Å². The van der Waals surface area contributed by atoms with E-state index in [0.717, 1.165) is 12.8 Å². The molecule has 0 bridgehead atoms. The van der Waals surface area contributed by atoms with Gasteiger partial charge in [-0.2, -0.15) is 0 Å². The van der Waals surface area contributed by atoms with Crippen molar-refractivity contribution >= 4 is 12.0 Å². The molecule has 14 heavy (non-hydrogen) atoms. The SMILES string of the molecule is CC1(CNC(=O)NCC(=O)O)CCC1. The summed E-state index contributed by atoms with van der Waals surface area (Å²) < 4.78 is 0. The van der Waals surface area contributed by atoms with Gasteiger partial charge in [0.15, 0.2) is 0 Å². The zero-order valence-electron chi connectivity index (χ0n) is 8.30. The highest BCUT2D eigenvalue weighted by molar-refractivity contribution is 5.79. The van der Waals surface area contributed by atoms with E-state index in [1.54, 1.807) is 0 Å². The number of carbonyl (C=O) groups is 2. The normalized spacial score (nSPS) is 18.1. The first-order chi connectivity index (χ1) is 6.52. The molecule has 5 heteroatoms. The van der Waals surface area contributed by atoms with Crippen LogP contribution in [0.4, 0.5) is 4.79 Å². The molecule has 0 saturated heterocycles. The lowest BCUT2D eigenvalue weighted by molar-refractivity contribution is -0.135. The lowest BCUT2D eigenvalue weighted by Gasteiger charge is -2.38. The van der Waals surface area contributed by atoms with Crippen LogP contribution in [0.2, 0.25) is 0 Å². The average Bonchev–Trinajstić information content (AvgIpc) is 2.08. The number of aliphatic carboxylic acids is 1. The van der Waals surface area contributed by atoms with Crippen LogP contribution in [0.5, 0.6) is 0 Å². The maximum Gasteiger partial charge on any atom is 0.323 e. The molecular formula is C9H16N2O3. The van der Waals surface area contributed by atoms with Gasteiger partial charge in [-0.15, -0.1) is 0 Å². The standard InChI is InChI=1S/C9H16N2O3/c1-9(3-2-4-9)6-11-8(14)10-5-7(12)13/h2-6H2,1H3,(H,12,13)(H2,10,11,14). The first-order valence-electron chi connectivity index (χ1n) is 4.75. The highest BCUT2D eigenvalue weighted by atomic mass is 16.4. The molecule has 0 radical (unpaired) electrons. The Kier molecular flexibility index (Phi) is 3.33. The van der Waals surface area contributed by atoms with Crippen molar-refractivity contribution in [3.05, 3.63) is 0 Å². The smallest absolute Gasteiger partial charge is 0.323 e. The molecule has 0 aliphatic heterocycles.